The number of aryl methyl sites for hydroxylation is 1. The summed E-state index contributed by atoms with van der Waals surface area (Å²) in [6, 6.07) is 14.9. The summed E-state index contributed by atoms with van der Waals surface area (Å²) >= 11 is 1.21. The maximum Gasteiger partial charge on any atom is 0.267 e. The zero-order valence-corrected chi connectivity index (χ0v) is 16.8. The lowest BCUT2D eigenvalue weighted by atomic mass is 10.2. The summed E-state index contributed by atoms with van der Waals surface area (Å²) in [6.45, 7) is 2.25. The molecule has 5 aromatic rings. The third kappa shape index (κ3) is 3.42. The number of nitrogens with zero attached hydrogens (tertiary/aromatic N) is 4. The second kappa shape index (κ2) is 7.64. The molecule has 0 atom stereocenters. The van der Waals surface area contributed by atoms with Crippen LogP contribution < -0.4 is 5.56 Å². The van der Waals surface area contributed by atoms with Gasteiger partial charge in [0.2, 0.25) is 0 Å². The van der Waals surface area contributed by atoms with Crippen molar-refractivity contribution in [3.05, 3.63) is 88.2 Å². The van der Waals surface area contributed by atoms with E-state index in [4.69, 9.17) is 13.8 Å². The molecule has 0 aliphatic carbocycles. The van der Waals surface area contributed by atoms with Crippen LogP contribution in [0.15, 0.2) is 89.9 Å². The Hall–Kier alpha value is -3.65. The molecule has 30 heavy (non-hydrogen) atoms. The predicted molar refractivity (Wildman–Crippen MR) is 114 cm³/mol. The van der Waals surface area contributed by atoms with Crippen LogP contribution in [-0.2, 0) is 6.54 Å². The monoisotopic (exact) mass is 416 g/mol. The van der Waals surface area contributed by atoms with Gasteiger partial charge in [0, 0.05) is 12.4 Å². The van der Waals surface area contributed by atoms with E-state index in [0.717, 1.165) is 11.1 Å². The van der Waals surface area contributed by atoms with Gasteiger partial charge in [-0.05, 0) is 54.6 Å². The van der Waals surface area contributed by atoms with Gasteiger partial charge in [0.05, 0.1) is 18.4 Å². The van der Waals surface area contributed by atoms with Gasteiger partial charge in [0.15, 0.2) is 5.58 Å². The molecule has 0 spiro atoms. The van der Waals surface area contributed by atoms with Crippen molar-refractivity contribution in [2.45, 2.75) is 23.7 Å². The van der Waals surface area contributed by atoms with Crippen molar-refractivity contribution < 1.29 is 8.83 Å². The SMILES string of the molecule is Cc1cccn2c(=O)c(C=NCc3ccco3)c(Sc3nc4ccccc4o3)nc12. The van der Waals surface area contributed by atoms with Crippen molar-refractivity contribution >= 4 is 34.7 Å². The summed E-state index contributed by atoms with van der Waals surface area (Å²) in [5.74, 6) is 0.712. The number of aliphatic imine (C=N–C) groups is 1. The fourth-order valence-electron chi connectivity index (χ4n) is 3.09. The molecule has 0 saturated heterocycles. The molecule has 8 heteroatoms. The van der Waals surface area contributed by atoms with Crippen molar-refractivity contribution in [2.24, 2.45) is 4.99 Å². The van der Waals surface area contributed by atoms with Crippen LogP contribution in [0.3, 0.4) is 0 Å². The normalized spacial score (nSPS) is 11.8. The molecule has 0 unspecified atom stereocenters. The first-order chi connectivity index (χ1) is 14.7. The lowest BCUT2D eigenvalue weighted by Crippen LogP contribution is -2.21. The van der Waals surface area contributed by atoms with Gasteiger partial charge in [-0.15, -0.1) is 0 Å². The third-order valence-corrected chi connectivity index (χ3v) is 5.41. The van der Waals surface area contributed by atoms with E-state index in [1.807, 2.05) is 49.4 Å². The minimum Gasteiger partial charge on any atom is -0.467 e. The molecule has 7 nitrogen and oxygen atoms in total. The van der Waals surface area contributed by atoms with E-state index in [2.05, 4.69) is 9.98 Å². The molecule has 0 saturated carbocycles. The quantitative estimate of drug-likeness (QED) is 0.310. The number of fused-ring (bicyclic) bond motifs is 2. The van der Waals surface area contributed by atoms with E-state index < -0.39 is 0 Å². The number of aromatic nitrogens is 3. The third-order valence-electron chi connectivity index (χ3n) is 4.56. The number of para-hydroxylation sites is 2. The van der Waals surface area contributed by atoms with Crippen LogP contribution in [0.5, 0.6) is 0 Å². The number of benzene rings is 1. The Labute approximate surface area is 175 Å². The van der Waals surface area contributed by atoms with E-state index in [9.17, 15) is 4.79 Å². The molecule has 148 valence electrons. The van der Waals surface area contributed by atoms with Gasteiger partial charge in [-0.1, -0.05) is 18.2 Å². The van der Waals surface area contributed by atoms with Crippen LogP contribution in [0.4, 0.5) is 0 Å². The van der Waals surface area contributed by atoms with E-state index >= 15 is 0 Å². The Kier molecular flexibility index (Phi) is 4.68. The molecule has 1 aromatic carbocycles. The van der Waals surface area contributed by atoms with Crippen LogP contribution in [0.25, 0.3) is 16.7 Å². The van der Waals surface area contributed by atoms with Gasteiger partial charge in [0.1, 0.15) is 22.0 Å². The van der Waals surface area contributed by atoms with Crippen LogP contribution in [0.1, 0.15) is 16.9 Å². The van der Waals surface area contributed by atoms with Gasteiger partial charge < -0.3 is 8.83 Å². The largest absolute Gasteiger partial charge is 0.467 e. The Morgan fingerprint density at radius 1 is 1.13 bits per heavy atom. The fraction of sp³-hybridized carbons (Fsp3) is 0.0909. The molecule has 0 amide bonds. The number of oxazole rings is 1. The van der Waals surface area contributed by atoms with Gasteiger partial charge in [-0.3, -0.25) is 14.2 Å². The average molecular weight is 416 g/mol. The molecular weight excluding hydrogens is 400 g/mol. The highest BCUT2D eigenvalue weighted by molar-refractivity contribution is 7.99. The van der Waals surface area contributed by atoms with Crippen LogP contribution in [0, 0.1) is 6.92 Å². The molecular formula is C22H16N4O3S. The van der Waals surface area contributed by atoms with E-state index in [1.54, 1.807) is 18.5 Å². The minimum atomic E-state index is -0.203. The minimum absolute atomic E-state index is 0.203. The first kappa shape index (κ1) is 18.4. The zero-order chi connectivity index (χ0) is 20.5. The van der Waals surface area contributed by atoms with Crippen LogP contribution >= 0.6 is 11.8 Å². The lowest BCUT2D eigenvalue weighted by Gasteiger charge is -2.08. The average Bonchev–Trinajstić information content (AvgIpc) is 3.40. The van der Waals surface area contributed by atoms with Gasteiger partial charge in [-0.2, -0.15) is 0 Å². The summed E-state index contributed by atoms with van der Waals surface area (Å²) in [4.78, 5) is 26.8. The highest BCUT2D eigenvalue weighted by atomic mass is 32.2. The Balaban J connectivity index is 1.61. The second-order valence-corrected chi connectivity index (χ2v) is 7.56. The summed E-state index contributed by atoms with van der Waals surface area (Å²) in [5.41, 5.74) is 3.09. The van der Waals surface area contributed by atoms with Crippen LogP contribution in [0.2, 0.25) is 0 Å². The van der Waals surface area contributed by atoms with E-state index in [0.29, 0.717) is 39.3 Å². The summed E-state index contributed by atoms with van der Waals surface area (Å²) < 4.78 is 12.6. The van der Waals surface area contributed by atoms with Gasteiger partial charge >= 0.3 is 0 Å². The number of rotatable bonds is 5. The lowest BCUT2D eigenvalue weighted by molar-refractivity contribution is 0.489. The molecule has 0 N–H and O–H groups in total. The summed E-state index contributed by atoms with van der Waals surface area (Å²) in [5, 5.41) is 0.908. The van der Waals surface area contributed by atoms with Gasteiger partial charge in [-0.25, -0.2) is 9.97 Å². The Morgan fingerprint density at radius 3 is 2.87 bits per heavy atom. The molecule has 0 aliphatic heterocycles. The zero-order valence-electron chi connectivity index (χ0n) is 16.0. The topological polar surface area (TPSA) is 85.9 Å². The highest BCUT2D eigenvalue weighted by Crippen LogP contribution is 2.30. The Morgan fingerprint density at radius 2 is 2.03 bits per heavy atom. The molecule has 0 fully saturated rings. The highest BCUT2D eigenvalue weighted by Gasteiger charge is 2.17. The van der Waals surface area contributed by atoms with Crippen molar-refractivity contribution in [3.8, 4) is 0 Å². The standard InChI is InChI=1S/C22H16N4O3S/c1-14-6-4-10-26-19(14)25-20(30-22-24-17-8-2-3-9-18(17)29-22)16(21(26)27)13-23-12-15-7-5-11-28-15/h2-11,13H,12H2,1H3. The molecule has 4 heterocycles. The summed E-state index contributed by atoms with van der Waals surface area (Å²) in [7, 11) is 0. The smallest absolute Gasteiger partial charge is 0.267 e. The van der Waals surface area contributed by atoms with Crippen molar-refractivity contribution in [1.82, 2.24) is 14.4 Å². The number of hydrogen-bond donors (Lipinski definition) is 0. The van der Waals surface area contributed by atoms with Crippen molar-refractivity contribution in [3.63, 3.8) is 0 Å². The van der Waals surface area contributed by atoms with Crippen molar-refractivity contribution in [2.75, 3.05) is 0 Å². The van der Waals surface area contributed by atoms with E-state index in [-0.39, 0.29) is 5.56 Å². The number of pyridine rings is 1. The maximum absolute atomic E-state index is 13.2. The van der Waals surface area contributed by atoms with Gasteiger partial charge in [0.25, 0.3) is 10.8 Å². The fourth-order valence-corrected chi connectivity index (χ4v) is 3.91. The first-order valence-electron chi connectivity index (χ1n) is 9.26. The molecule has 0 bridgehead atoms. The van der Waals surface area contributed by atoms with Crippen molar-refractivity contribution in [1.29, 1.82) is 0 Å². The maximum atomic E-state index is 13.2. The number of hydrogen-bond acceptors (Lipinski definition) is 7. The molecule has 0 radical (unpaired) electrons. The predicted octanol–water partition coefficient (Wildman–Crippen LogP) is 4.51. The number of furan rings is 1. The molecule has 5 rings (SSSR count). The van der Waals surface area contributed by atoms with E-state index in [1.165, 1.54) is 22.4 Å². The molecule has 0 aliphatic rings. The second-order valence-electron chi connectivity index (χ2n) is 6.62. The first-order valence-corrected chi connectivity index (χ1v) is 10.1. The Bertz CT molecular complexity index is 1400. The summed E-state index contributed by atoms with van der Waals surface area (Å²) in [6.07, 6.45) is 4.83. The van der Waals surface area contributed by atoms with Crippen LogP contribution in [-0.4, -0.2) is 20.6 Å². The molecule has 4 aromatic heterocycles.